The molecule has 0 unspecified atom stereocenters. The summed E-state index contributed by atoms with van der Waals surface area (Å²) in [5.74, 6) is 1.96. The molecule has 3 saturated carbocycles. The molecule has 3 aliphatic rings. The average Bonchev–Trinajstić information content (AvgIpc) is 2.41. The zero-order chi connectivity index (χ0) is 7.47. The molecule has 2 N–H and O–H groups in total. The second kappa shape index (κ2) is 1.82. The molecule has 0 amide bonds. The van der Waals surface area contributed by atoms with Crippen molar-refractivity contribution < 1.29 is 0 Å². The summed E-state index contributed by atoms with van der Waals surface area (Å²) >= 11 is 0. The van der Waals surface area contributed by atoms with Crippen LogP contribution in [0.4, 0.5) is 0 Å². The summed E-state index contributed by atoms with van der Waals surface area (Å²) in [5, 5.41) is 0. The van der Waals surface area contributed by atoms with Crippen molar-refractivity contribution >= 4 is 0 Å². The highest BCUT2D eigenvalue weighted by atomic mass is 14.8. The Labute approximate surface area is 68.3 Å². The first-order valence-electron chi connectivity index (χ1n) is 5.08. The molecule has 0 aromatic carbocycles. The van der Waals surface area contributed by atoms with Gasteiger partial charge in [0.05, 0.1) is 0 Å². The maximum Gasteiger partial charge on any atom is 0.0127 e. The number of rotatable bonds is 0. The quantitative estimate of drug-likeness (QED) is 0.562. The van der Waals surface area contributed by atoms with Crippen molar-refractivity contribution in [3.8, 4) is 0 Å². The summed E-state index contributed by atoms with van der Waals surface area (Å²) in [7, 11) is 0. The Kier molecular flexibility index (Phi) is 1.07. The maximum atomic E-state index is 6.26. The molecule has 2 bridgehead atoms. The molecule has 1 heteroatoms. The molecule has 3 rings (SSSR count). The minimum Gasteiger partial charge on any atom is -0.327 e. The van der Waals surface area contributed by atoms with Crippen molar-refractivity contribution in [2.24, 2.45) is 23.0 Å². The zero-order valence-electron chi connectivity index (χ0n) is 7.05. The van der Waals surface area contributed by atoms with Gasteiger partial charge in [-0.05, 0) is 49.4 Å². The molecule has 3 fully saturated rings. The van der Waals surface area contributed by atoms with Crippen LogP contribution in [0, 0.1) is 17.3 Å². The highest BCUT2D eigenvalue weighted by Crippen LogP contribution is 2.63. The molecule has 0 radical (unpaired) electrons. The van der Waals surface area contributed by atoms with Crippen LogP contribution in [-0.4, -0.2) is 6.04 Å². The summed E-state index contributed by atoms with van der Waals surface area (Å²) < 4.78 is 0. The Morgan fingerprint density at radius 2 is 2.00 bits per heavy atom. The highest BCUT2D eigenvalue weighted by Gasteiger charge is 2.58. The molecular formula is C10H17N. The van der Waals surface area contributed by atoms with E-state index in [1.54, 1.807) is 0 Å². The van der Waals surface area contributed by atoms with Crippen molar-refractivity contribution in [3.63, 3.8) is 0 Å². The molecule has 0 aliphatic heterocycles. The second-order valence-corrected chi connectivity index (χ2v) is 4.88. The van der Waals surface area contributed by atoms with E-state index in [-0.39, 0.29) is 0 Å². The van der Waals surface area contributed by atoms with Gasteiger partial charge in [-0.15, -0.1) is 0 Å². The van der Waals surface area contributed by atoms with E-state index < -0.39 is 0 Å². The standard InChI is InChI=1S/C10H17N/c11-9-7-2-3-8(6-7)10(9)4-1-5-10/h7-9H,1-6,11H2/t7-,8+,9-/m0/s1. The molecule has 3 aliphatic carbocycles. The maximum absolute atomic E-state index is 6.26. The van der Waals surface area contributed by atoms with Crippen LogP contribution in [0.2, 0.25) is 0 Å². The third-order valence-electron chi connectivity index (χ3n) is 4.74. The summed E-state index contributed by atoms with van der Waals surface area (Å²) in [6, 6.07) is 0.593. The monoisotopic (exact) mass is 151 g/mol. The normalized spacial score (nSPS) is 51.5. The largest absolute Gasteiger partial charge is 0.327 e. The summed E-state index contributed by atoms with van der Waals surface area (Å²) in [6.45, 7) is 0. The van der Waals surface area contributed by atoms with Crippen LogP contribution in [-0.2, 0) is 0 Å². The molecular weight excluding hydrogens is 134 g/mol. The van der Waals surface area contributed by atoms with E-state index in [4.69, 9.17) is 5.73 Å². The lowest BCUT2D eigenvalue weighted by molar-refractivity contribution is 0.0340. The van der Waals surface area contributed by atoms with E-state index in [1.807, 2.05) is 0 Å². The van der Waals surface area contributed by atoms with Crippen LogP contribution in [0.25, 0.3) is 0 Å². The van der Waals surface area contributed by atoms with E-state index in [9.17, 15) is 0 Å². The van der Waals surface area contributed by atoms with Gasteiger partial charge in [-0.1, -0.05) is 6.42 Å². The minimum atomic E-state index is 0.593. The van der Waals surface area contributed by atoms with Crippen molar-refractivity contribution in [1.82, 2.24) is 0 Å². The molecule has 11 heavy (non-hydrogen) atoms. The Balaban J connectivity index is 1.94. The van der Waals surface area contributed by atoms with E-state index in [0.29, 0.717) is 11.5 Å². The van der Waals surface area contributed by atoms with Crippen LogP contribution in [0.1, 0.15) is 38.5 Å². The van der Waals surface area contributed by atoms with Crippen LogP contribution < -0.4 is 5.73 Å². The van der Waals surface area contributed by atoms with Crippen molar-refractivity contribution in [2.45, 2.75) is 44.6 Å². The number of fused-ring (bicyclic) bond motifs is 3. The first kappa shape index (κ1) is 6.47. The van der Waals surface area contributed by atoms with Crippen LogP contribution in [0.3, 0.4) is 0 Å². The van der Waals surface area contributed by atoms with Crippen LogP contribution in [0.5, 0.6) is 0 Å². The van der Waals surface area contributed by atoms with Gasteiger partial charge in [-0.3, -0.25) is 0 Å². The molecule has 0 aromatic heterocycles. The summed E-state index contributed by atoms with van der Waals surface area (Å²) in [4.78, 5) is 0. The van der Waals surface area contributed by atoms with Crippen LogP contribution in [0.15, 0.2) is 0 Å². The van der Waals surface area contributed by atoms with E-state index in [1.165, 1.54) is 38.5 Å². The lowest BCUT2D eigenvalue weighted by Crippen LogP contribution is -2.50. The molecule has 1 spiro atoms. The van der Waals surface area contributed by atoms with Crippen molar-refractivity contribution in [1.29, 1.82) is 0 Å². The lowest BCUT2D eigenvalue weighted by atomic mass is 9.58. The molecule has 0 saturated heterocycles. The molecule has 1 nitrogen and oxygen atoms in total. The third kappa shape index (κ3) is 0.581. The van der Waals surface area contributed by atoms with Gasteiger partial charge in [0, 0.05) is 6.04 Å². The number of hydrogen-bond acceptors (Lipinski definition) is 1. The molecule has 3 atom stereocenters. The zero-order valence-corrected chi connectivity index (χ0v) is 7.05. The van der Waals surface area contributed by atoms with Crippen molar-refractivity contribution in [3.05, 3.63) is 0 Å². The Morgan fingerprint density at radius 3 is 2.36 bits per heavy atom. The molecule has 0 heterocycles. The molecule has 0 aromatic rings. The van der Waals surface area contributed by atoms with Gasteiger partial charge in [-0.2, -0.15) is 0 Å². The predicted molar refractivity (Wildman–Crippen MR) is 45.1 cm³/mol. The Hall–Kier alpha value is -0.0400. The first-order valence-corrected chi connectivity index (χ1v) is 5.08. The Bertz CT molecular complexity index is 179. The smallest absolute Gasteiger partial charge is 0.0127 e. The fraction of sp³-hybridized carbons (Fsp3) is 1.00. The van der Waals surface area contributed by atoms with Gasteiger partial charge in [0.1, 0.15) is 0 Å². The SMILES string of the molecule is N[C@H]1[C@H]2CC[C@H](C2)C12CCC2. The van der Waals surface area contributed by atoms with Gasteiger partial charge in [0.2, 0.25) is 0 Å². The van der Waals surface area contributed by atoms with Gasteiger partial charge in [0.15, 0.2) is 0 Å². The van der Waals surface area contributed by atoms with Gasteiger partial charge in [-0.25, -0.2) is 0 Å². The molecule has 62 valence electrons. The predicted octanol–water partition coefficient (Wildman–Crippen LogP) is 1.91. The topological polar surface area (TPSA) is 26.0 Å². The average molecular weight is 151 g/mol. The summed E-state index contributed by atoms with van der Waals surface area (Å²) in [6.07, 6.45) is 8.77. The van der Waals surface area contributed by atoms with E-state index in [0.717, 1.165) is 11.8 Å². The first-order chi connectivity index (χ1) is 5.33. The van der Waals surface area contributed by atoms with Gasteiger partial charge < -0.3 is 5.73 Å². The van der Waals surface area contributed by atoms with Gasteiger partial charge in [0.25, 0.3) is 0 Å². The number of nitrogens with two attached hydrogens (primary N) is 1. The highest BCUT2D eigenvalue weighted by molar-refractivity contribution is 5.11. The van der Waals surface area contributed by atoms with Gasteiger partial charge >= 0.3 is 0 Å². The fourth-order valence-corrected chi connectivity index (χ4v) is 3.93. The summed E-state index contributed by atoms with van der Waals surface area (Å²) in [5.41, 5.74) is 6.93. The fourth-order valence-electron chi connectivity index (χ4n) is 3.93. The second-order valence-electron chi connectivity index (χ2n) is 4.88. The lowest BCUT2D eigenvalue weighted by Gasteiger charge is -2.49. The number of hydrogen-bond donors (Lipinski definition) is 1. The van der Waals surface area contributed by atoms with Crippen molar-refractivity contribution in [2.75, 3.05) is 0 Å². The Morgan fingerprint density at radius 1 is 1.18 bits per heavy atom. The minimum absolute atomic E-state index is 0.593. The van der Waals surface area contributed by atoms with Crippen LogP contribution >= 0.6 is 0 Å². The van der Waals surface area contributed by atoms with E-state index in [2.05, 4.69) is 0 Å². The third-order valence-corrected chi connectivity index (χ3v) is 4.74. The van der Waals surface area contributed by atoms with E-state index >= 15 is 0 Å².